The number of benzene rings is 2. The van der Waals surface area contributed by atoms with Crippen LogP contribution < -0.4 is 0 Å². The summed E-state index contributed by atoms with van der Waals surface area (Å²) in [4.78, 5) is 17.9. The summed E-state index contributed by atoms with van der Waals surface area (Å²) in [5, 5.41) is 0. The first kappa shape index (κ1) is 11.9. The lowest BCUT2D eigenvalue weighted by atomic mass is 10.2. The highest BCUT2D eigenvalue weighted by Gasteiger charge is 2.04. The average molecular weight is 271 g/mol. The van der Waals surface area contributed by atoms with Gasteiger partial charge in [0.1, 0.15) is 0 Å². The molecule has 0 aliphatic heterocycles. The number of para-hydroxylation sites is 4. The van der Waals surface area contributed by atoms with E-state index in [1.165, 1.54) is 0 Å². The van der Waals surface area contributed by atoms with E-state index in [2.05, 4.69) is 19.9 Å². The zero-order valence-corrected chi connectivity index (χ0v) is 11.1. The minimum absolute atomic E-state index is 0.776. The van der Waals surface area contributed by atoms with Crippen LogP contribution in [0.15, 0.2) is 60.9 Å². The van der Waals surface area contributed by atoms with Crippen molar-refractivity contribution in [3.8, 4) is 0 Å². The molecule has 99 valence electrons. The monoisotopic (exact) mass is 271 g/mol. The van der Waals surface area contributed by atoms with Crippen LogP contribution >= 0.6 is 0 Å². The third kappa shape index (κ3) is 2.31. The number of rotatable bonds is 2. The van der Waals surface area contributed by atoms with Gasteiger partial charge >= 0.3 is 0 Å². The van der Waals surface area contributed by atoms with Gasteiger partial charge in [-0.15, -0.1) is 0 Å². The van der Waals surface area contributed by atoms with Gasteiger partial charge in [0.15, 0.2) is 0 Å². The highest BCUT2D eigenvalue weighted by molar-refractivity contribution is 5.75. The maximum Gasteiger partial charge on any atom is 0.0890 e. The topological polar surface area (TPSA) is 51.6 Å². The van der Waals surface area contributed by atoms with Crippen molar-refractivity contribution in [1.29, 1.82) is 0 Å². The van der Waals surface area contributed by atoms with Gasteiger partial charge < -0.3 is 0 Å². The van der Waals surface area contributed by atoms with Crippen molar-refractivity contribution in [2.45, 2.75) is 0 Å². The van der Waals surface area contributed by atoms with Crippen LogP contribution in [0.4, 0.5) is 0 Å². The molecule has 2 heterocycles. The predicted octanol–water partition coefficient (Wildman–Crippen LogP) is 3.17. The number of hydrogen-bond donors (Lipinski definition) is 0. The number of nitrogens with zero attached hydrogens (tertiary/aromatic N) is 4. The average Bonchev–Trinajstić information content (AvgIpc) is 2.55. The molecule has 0 saturated carbocycles. The van der Waals surface area contributed by atoms with E-state index in [0.717, 1.165) is 33.5 Å². The second-order valence-electron chi connectivity index (χ2n) is 4.71. The lowest BCUT2D eigenvalue weighted by Gasteiger charge is -2.03. The van der Waals surface area contributed by atoms with Crippen molar-refractivity contribution in [2.75, 3.05) is 0 Å². The standard InChI is InChI=1S/C17H11N4/c1-3-7-16-14(5-1)18-10-12(20-16)9-13-11-19-15-6-2-4-8-17(15)21-13/h1-11H. The fourth-order valence-corrected chi connectivity index (χ4v) is 2.23. The van der Waals surface area contributed by atoms with Crippen molar-refractivity contribution in [2.24, 2.45) is 0 Å². The van der Waals surface area contributed by atoms with E-state index in [1.807, 2.05) is 55.0 Å². The van der Waals surface area contributed by atoms with Crippen LogP contribution in [0.5, 0.6) is 0 Å². The van der Waals surface area contributed by atoms with Gasteiger partial charge in [-0.2, -0.15) is 0 Å². The highest BCUT2D eigenvalue weighted by Crippen LogP contribution is 2.14. The Kier molecular flexibility index (Phi) is 2.78. The Labute approximate surface area is 121 Å². The van der Waals surface area contributed by atoms with Gasteiger partial charge in [-0.3, -0.25) is 9.97 Å². The summed E-state index contributed by atoms with van der Waals surface area (Å²) in [5.41, 5.74) is 5.08. The van der Waals surface area contributed by atoms with Crippen LogP contribution in [0.25, 0.3) is 22.1 Å². The summed E-state index contributed by atoms with van der Waals surface area (Å²) >= 11 is 0. The van der Waals surface area contributed by atoms with Crippen molar-refractivity contribution in [1.82, 2.24) is 19.9 Å². The van der Waals surface area contributed by atoms with E-state index < -0.39 is 0 Å². The molecule has 1 radical (unpaired) electrons. The Balaban J connectivity index is 1.71. The first-order valence-corrected chi connectivity index (χ1v) is 6.67. The summed E-state index contributed by atoms with van der Waals surface area (Å²) in [5.74, 6) is 0. The molecule has 0 bridgehead atoms. The molecule has 2 aromatic carbocycles. The molecule has 4 nitrogen and oxygen atoms in total. The zero-order chi connectivity index (χ0) is 14.1. The smallest absolute Gasteiger partial charge is 0.0890 e. The van der Waals surface area contributed by atoms with Gasteiger partial charge in [0, 0.05) is 12.4 Å². The molecule has 0 fully saturated rings. The SMILES string of the molecule is [CH](c1cnc2ccccc2n1)c1cnc2ccccc2n1. The van der Waals surface area contributed by atoms with Crippen LogP contribution in [0.3, 0.4) is 0 Å². The second kappa shape index (κ2) is 4.90. The van der Waals surface area contributed by atoms with Gasteiger partial charge in [-0.1, -0.05) is 24.3 Å². The Bertz CT molecular complexity index is 856. The van der Waals surface area contributed by atoms with Crippen molar-refractivity contribution < 1.29 is 0 Å². The summed E-state index contributed by atoms with van der Waals surface area (Å²) < 4.78 is 0. The number of hydrogen-bond acceptors (Lipinski definition) is 4. The van der Waals surface area contributed by atoms with Crippen molar-refractivity contribution >= 4 is 22.1 Å². The van der Waals surface area contributed by atoms with Crippen LogP contribution in [-0.4, -0.2) is 19.9 Å². The van der Waals surface area contributed by atoms with E-state index in [0.29, 0.717) is 0 Å². The van der Waals surface area contributed by atoms with Crippen LogP contribution in [0.1, 0.15) is 11.4 Å². The van der Waals surface area contributed by atoms with Gasteiger partial charge in [-0.25, -0.2) is 9.97 Å². The van der Waals surface area contributed by atoms with Gasteiger partial charge in [0.2, 0.25) is 0 Å². The minimum Gasteiger partial charge on any atom is -0.253 e. The maximum absolute atomic E-state index is 4.56. The predicted molar refractivity (Wildman–Crippen MR) is 81.6 cm³/mol. The summed E-state index contributed by atoms with van der Waals surface area (Å²) in [6.07, 6.45) is 5.39. The molecule has 0 aliphatic carbocycles. The highest BCUT2D eigenvalue weighted by atomic mass is 14.8. The third-order valence-corrected chi connectivity index (χ3v) is 3.23. The largest absolute Gasteiger partial charge is 0.253 e. The van der Waals surface area contributed by atoms with Crippen LogP contribution in [0.2, 0.25) is 0 Å². The molecule has 0 spiro atoms. The van der Waals surface area contributed by atoms with Crippen molar-refractivity contribution in [3.63, 3.8) is 0 Å². The molecule has 0 aliphatic rings. The molecular formula is C17H11N4. The Morgan fingerprint density at radius 1 is 0.571 bits per heavy atom. The molecule has 0 saturated heterocycles. The van der Waals surface area contributed by atoms with E-state index in [-0.39, 0.29) is 0 Å². The summed E-state index contributed by atoms with van der Waals surface area (Å²) in [6, 6.07) is 15.6. The quantitative estimate of drug-likeness (QED) is 0.562. The molecule has 0 unspecified atom stereocenters. The van der Waals surface area contributed by atoms with Crippen molar-refractivity contribution in [3.05, 3.63) is 78.7 Å². The molecule has 2 aromatic heterocycles. The van der Waals surface area contributed by atoms with Gasteiger partial charge in [-0.05, 0) is 24.3 Å². The van der Waals surface area contributed by atoms with Crippen LogP contribution in [0, 0.1) is 6.42 Å². The number of fused-ring (bicyclic) bond motifs is 2. The molecule has 0 atom stereocenters. The second-order valence-corrected chi connectivity index (χ2v) is 4.71. The van der Waals surface area contributed by atoms with E-state index in [4.69, 9.17) is 0 Å². The van der Waals surface area contributed by atoms with E-state index in [9.17, 15) is 0 Å². The third-order valence-electron chi connectivity index (χ3n) is 3.23. The minimum atomic E-state index is 0.776. The van der Waals surface area contributed by atoms with E-state index >= 15 is 0 Å². The summed E-state index contributed by atoms with van der Waals surface area (Å²) in [7, 11) is 0. The molecule has 4 rings (SSSR count). The molecular weight excluding hydrogens is 260 g/mol. The Morgan fingerprint density at radius 3 is 1.48 bits per heavy atom. The molecule has 4 heteroatoms. The van der Waals surface area contributed by atoms with Gasteiger partial charge in [0.05, 0.1) is 39.9 Å². The maximum atomic E-state index is 4.56. The zero-order valence-electron chi connectivity index (χ0n) is 11.1. The lowest BCUT2D eigenvalue weighted by Crippen LogP contribution is -1.96. The molecule has 0 N–H and O–H groups in total. The molecule has 0 amide bonds. The lowest BCUT2D eigenvalue weighted by molar-refractivity contribution is 1.14. The molecule has 21 heavy (non-hydrogen) atoms. The fourth-order valence-electron chi connectivity index (χ4n) is 2.23. The molecule has 4 aromatic rings. The normalized spacial score (nSPS) is 11.0. The Hall–Kier alpha value is -2.88. The van der Waals surface area contributed by atoms with Gasteiger partial charge in [0.25, 0.3) is 0 Å². The number of aromatic nitrogens is 4. The Morgan fingerprint density at radius 2 is 1.00 bits per heavy atom. The fraction of sp³-hybridized carbons (Fsp3) is 0. The van der Waals surface area contributed by atoms with Crippen LogP contribution in [-0.2, 0) is 0 Å². The van der Waals surface area contributed by atoms with E-state index in [1.54, 1.807) is 12.4 Å². The first-order chi connectivity index (χ1) is 10.4. The summed E-state index contributed by atoms with van der Waals surface area (Å²) in [6.45, 7) is 0. The first-order valence-electron chi connectivity index (χ1n) is 6.67.